The maximum atomic E-state index is 14.2. The van der Waals surface area contributed by atoms with E-state index in [9.17, 15) is 22.0 Å². The lowest BCUT2D eigenvalue weighted by molar-refractivity contribution is -0.157. The first-order valence-corrected chi connectivity index (χ1v) is 6.21. The fourth-order valence-electron chi connectivity index (χ4n) is 2.89. The average molecular weight is 293 g/mol. The Morgan fingerprint density at radius 1 is 1.05 bits per heavy atom. The highest BCUT2D eigenvalue weighted by Crippen LogP contribution is 2.56. The van der Waals surface area contributed by atoms with Crippen LogP contribution >= 0.6 is 0 Å². The molecule has 2 fully saturated rings. The van der Waals surface area contributed by atoms with E-state index in [1.165, 1.54) is 0 Å². The molecular weight excluding hydrogens is 281 g/mol. The van der Waals surface area contributed by atoms with E-state index in [2.05, 4.69) is 15.3 Å². The summed E-state index contributed by atoms with van der Waals surface area (Å²) in [5.41, 5.74) is -0.571. The van der Waals surface area contributed by atoms with Crippen LogP contribution in [0.25, 0.3) is 0 Å². The van der Waals surface area contributed by atoms with Crippen molar-refractivity contribution in [2.24, 2.45) is 11.3 Å². The second kappa shape index (κ2) is 4.09. The van der Waals surface area contributed by atoms with E-state index in [1.54, 1.807) is 0 Å². The third kappa shape index (κ3) is 2.06. The van der Waals surface area contributed by atoms with E-state index in [4.69, 9.17) is 0 Å². The first-order chi connectivity index (χ1) is 9.23. The number of hydrogen-bond acceptors (Lipinski definition) is 3. The topological polar surface area (TPSA) is 37.8 Å². The largest absolute Gasteiger partial charge is 0.451 e. The summed E-state index contributed by atoms with van der Waals surface area (Å²) in [6.07, 6.45) is -2.78. The van der Waals surface area contributed by atoms with Gasteiger partial charge in [0, 0.05) is 31.4 Å². The molecule has 0 amide bonds. The van der Waals surface area contributed by atoms with Gasteiger partial charge in [0.2, 0.25) is 5.82 Å². The molecule has 1 aliphatic carbocycles. The van der Waals surface area contributed by atoms with Crippen LogP contribution in [0.15, 0.2) is 12.4 Å². The summed E-state index contributed by atoms with van der Waals surface area (Å²) in [7, 11) is 0. The molecule has 1 spiro atoms. The number of rotatable bonds is 2. The van der Waals surface area contributed by atoms with Crippen LogP contribution in [-0.4, -0.2) is 23.1 Å². The zero-order chi connectivity index (χ0) is 14.6. The van der Waals surface area contributed by atoms with Crippen LogP contribution in [0.5, 0.6) is 0 Å². The smallest absolute Gasteiger partial charge is 0.316 e. The first-order valence-electron chi connectivity index (χ1n) is 6.21. The molecule has 1 N–H and O–H groups in total. The summed E-state index contributed by atoms with van der Waals surface area (Å²) >= 11 is 0. The Labute approximate surface area is 111 Å². The van der Waals surface area contributed by atoms with Crippen molar-refractivity contribution in [3.05, 3.63) is 23.8 Å². The summed E-state index contributed by atoms with van der Waals surface area (Å²) in [4.78, 5) is 6.00. The van der Waals surface area contributed by atoms with Crippen molar-refractivity contribution in [3.63, 3.8) is 0 Å². The molecule has 0 bridgehead atoms. The van der Waals surface area contributed by atoms with Gasteiger partial charge in [-0.25, -0.2) is 18.7 Å². The fraction of sp³-hybridized carbons (Fsp3) is 0.667. The molecule has 2 aliphatic rings. The van der Waals surface area contributed by atoms with Crippen LogP contribution in [0.4, 0.5) is 22.0 Å². The number of halogens is 5. The Bertz CT molecular complexity index is 499. The molecule has 1 saturated carbocycles. The summed E-state index contributed by atoms with van der Waals surface area (Å²) in [5, 5.41) is 3.05. The van der Waals surface area contributed by atoms with Gasteiger partial charge in [-0.3, -0.25) is 0 Å². The lowest BCUT2D eigenvalue weighted by Gasteiger charge is -2.56. The van der Waals surface area contributed by atoms with Gasteiger partial charge < -0.3 is 5.32 Å². The van der Waals surface area contributed by atoms with Gasteiger partial charge in [-0.1, -0.05) is 0 Å². The molecule has 3 nitrogen and oxygen atoms in total. The maximum Gasteiger partial charge on any atom is 0.451 e. The number of nitrogens with zero attached hydrogens (tertiary/aromatic N) is 2. The molecule has 1 saturated heterocycles. The van der Waals surface area contributed by atoms with Gasteiger partial charge in [0.1, 0.15) is 0 Å². The summed E-state index contributed by atoms with van der Waals surface area (Å²) in [6, 6.07) is 0. The Kier molecular flexibility index (Phi) is 2.80. The molecule has 110 valence electrons. The molecule has 20 heavy (non-hydrogen) atoms. The lowest BCUT2D eigenvalue weighted by atomic mass is 9.56. The zero-order valence-corrected chi connectivity index (χ0v) is 10.3. The minimum atomic E-state index is -4.72. The molecule has 3 rings (SSSR count). The second-order valence-electron chi connectivity index (χ2n) is 5.62. The van der Waals surface area contributed by atoms with Crippen molar-refractivity contribution >= 4 is 0 Å². The number of nitrogens with one attached hydrogen (secondary N) is 1. The van der Waals surface area contributed by atoms with Gasteiger partial charge in [0.05, 0.1) is 5.56 Å². The van der Waals surface area contributed by atoms with Crippen LogP contribution < -0.4 is 5.32 Å². The minimum Gasteiger partial charge on any atom is -0.316 e. The molecule has 1 aromatic heterocycles. The normalized spacial score (nSPS) is 22.4. The van der Waals surface area contributed by atoms with Gasteiger partial charge in [0.15, 0.2) is 0 Å². The van der Waals surface area contributed by atoms with Crippen LogP contribution in [0.1, 0.15) is 24.2 Å². The minimum absolute atomic E-state index is 0.0269. The van der Waals surface area contributed by atoms with E-state index in [0.29, 0.717) is 25.2 Å². The van der Waals surface area contributed by atoms with Crippen LogP contribution in [0, 0.1) is 11.3 Å². The lowest BCUT2D eigenvalue weighted by Crippen LogP contribution is -2.62. The van der Waals surface area contributed by atoms with E-state index in [-0.39, 0.29) is 5.41 Å². The molecular formula is C12H12F5N3. The second-order valence-corrected chi connectivity index (χ2v) is 5.62. The fourth-order valence-corrected chi connectivity index (χ4v) is 2.89. The summed E-state index contributed by atoms with van der Waals surface area (Å²) in [5.74, 6) is -5.42. The van der Waals surface area contributed by atoms with Crippen molar-refractivity contribution < 1.29 is 22.0 Å². The van der Waals surface area contributed by atoms with Crippen molar-refractivity contribution in [1.29, 1.82) is 0 Å². The van der Waals surface area contributed by atoms with Crippen LogP contribution in [-0.2, 0) is 12.1 Å². The van der Waals surface area contributed by atoms with Crippen molar-refractivity contribution in [1.82, 2.24) is 15.3 Å². The Balaban J connectivity index is 1.74. The van der Waals surface area contributed by atoms with Crippen molar-refractivity contribution in [2.45, 2.75) is 24.9 Å². The Hall–Kier alpha value is -1.31. The van der Waals surface area contributed by atoms with Gasteiger partial charge in [-0.15, -0.1) is 0 Å². The molecule has 8 heteroatoms. The molecule has 1 aromatic rings. The summed E-state index contributed by atoms with van der Waals surface area (Å²) < 4.78 is 65.2. The van der Waals surface area contributed by atoms with Gasteiger partial charge in [-0.2, -0.15) is 13.2 Å². The van der Waals surface area contributed by atoms with Gasteiger partial charge in [-0.05, 0) is 18.3 Å². The standard InChI is InChI=1S/C12H12F5N3/c13-11(14,7-1-10(2-7)5-18-6-10)8-3-19-9(20-4-8)12(15,16)17/h3-4,7,18H,1-2,5-6H2. The molecule has 0 unspecified atom stereocenters. The highest BCUT2D eigenvalue weighted by molar-refractivity contribution is 5.18. The van der Waals surface area contributed by atoms with Gasteiger partial charge >= 0.3 is 6.18 Å². The van der Waals surface area contributed by atoms with Crippen molar-refractivity contribution in [3.8, 4) is 0 Å². The number of hydrogen-bond donors (Lipinski definition) is 1. The Morgan fingerprint density at radius 3 is 2.00 bits per heavy atom. The average Bonchev–Trinajstić information content (AvgIpc) is 2.24. The number of aromatic nitrogens is 2. The highest BCUT2D eigenvalue weighted by Gasteiger charge is 2.58. The molecule has 0 radical (unpaired) electrons. The Morgan fingerprint density at radius 2 is 1.60 bits per heavy atom. The maximum absolute atomic E-state index is 14.2. The quantitative estimate of drug-likeness (QED) is 0.852. The van der Waals surface area contributed by atoms with E-state index in [0.717, 1.165) is 13.1 Å². The summed E-state index contributed by atoms with van der Waals surface area (Å²) in [6.45, 7) is 1.48. The third-order valence-corrected chi connectivity index (χ3v) is 4.16. The van der Waals surface area contributed by atoms with Crippen molar-refractivity contribution in [2.75, 3.05) is 13.1 Å². The first kappa shape index (κ1) is 13.7. The van der Waals surface area contributed by atoms with E-state index >= 15 is 0 Å². The zero-order valence-electron chi connectivity index (χ0n) is 10.3. The van der Waals surface area contributed by atoms with E-state index < -0.39 is 29.4 Å². The third-order valence-electron chi connectivity index (χ3n) is 4.16. The number of alkyl halides is 5. The monoisotopic (exact) mass is 293 g/mol. The molecule has 1 aliphatic heterocycles. The molecule has 0 atom stereocenters. The predicted molar refractivity (Wildman–Crippen MR) is 59.0 cm³/mol. The predicted octanol–water partition coefficient (Wildman–Crippen LogP) is 2.59. The highest BCUT2D eigenvalue weighted by atomic mass is 19.4. The van der Waals surface area contributed by atoms with E-state index in [1.807, 2.05) is 0 Å². The molecule has 0 aromatic carbocycles. The van der Waals surface area contributed by atoms with Crippen LogP contribution in [0.2, 0.25) is 0 Å². The van der Waals surface area contributed by atoms with Gasteiger partial charge in [0.25, 0.3) is 5.92 Å². The van der Waals surface area contributed by atoms with Crippen LogP contribution in [0.3, 0.4) is 0 Å². The SMILES string of the molecule is FC(F)(F)c1ncc(C(F)(F)C2CC3(CNC3)C2)cn1. The molecule has 2 heterocycles.